The van der Waals surface area contributed by atoms with Crippen molar-refractivity contribution in [2.45, 2.75) is 24.8 Å². The number of hydrogen-bond acceptors (Lipinski definition) is 4. The van der Waals surface area contributed by atoms with Gasteiger partial charge < -0.3 is 14.2 Å². The van der Waals surface area contributed by atoms with Crippen molar-refractivity contribution in [3.05, 3.63) is 76.9 Å². The lowest BCUT2D eigenvalue weighted by molar-refractivity contribution is -0.276. The van der Waals surface area contributed by atoms with E-state index in [9.17, 15) is 30.7 Å². The molecule has 1 aliphatic heterocycles. The molecule has 3 aromatic rings. The van der Waals surface area contributed by atoms with Crippen molar-refractivity contribution in [3.8, 4) is 28.0 Å². The summed E-state index contributed by atoms with van der Waals surface area (Å²) in [6, 6.07) is 7.45. The number of benzene rings is 3. The summed E-state index contributed by atoms with van der Waals surface area (Å²) in [5, 5.41) is -0.0881. The van der Waals surface area contributed by atoms with Gasteiger partial charge in [0.1, 0.15) is 11.6 Å². The third-order valence-electron chi connectivity index (χ3n) is 5.28. The lowest BCUT2D eigenvalue weighted by atomic mass is 9.94. The molecule has 0 atom stereocenters. The van der Waals surface area contributed by atoms with Crippen LogP contribution in [0.4, 0.5) is 30.7 Å². The normalized spacial score (nSPS) is 18.5. The molecule has 0 N–H and O–H groups in total. The number of alkyl halides is 3. The Morgan fingerprint density at radius 3 is 1.97 bits per heavy atom. The monoisotopic (exact) mass is 518 g/mol. The van der Waals surface area contributed by atoms with Gasteiger partial charge in [0.2, 0.25) is 5.75 Å². The molecule has 1 aliphatic rings. The average molecular weight is 518 g/mol. The fourth-order valence-electron chi connectivity index (χ4n) is 3.70. The molecular formula is C24H17F7O3S. The molecule has 4 rings (SSSR count). The first-order valence-corrected chi connectivity index (χ1v) is 10.7. The molecule has 1 saturated heterocycles. The highest BCUT2D eigenvalue weighted by Gasteiger charge is 2.34. The van der Waals surface area contributed by atoms with E-state index in [1.54, 1.807) is 6.07 Å². The van der Waals surface area contributed by atoms with Crippen LogP contribution in [0, 0.1) is 30.2 Å². The zero-order valence-corrected chi connectivity index (χ0v) is 18.8. The molecule has 11 heteroatoms. The van der Waals surface area contributed by atoms with E-state index >= 15 is 0 Å². The standard InChI is InChI=1S/C24H17F7O3S/c1-11-4-17(13-6-20(27)22(21(28)7-13)34-24(29,30)31)19(26)8-16(11)15-3-2-12(5-18(15)25)23-32-9-14(35)10-33-23/h2-8,14,23,35H,9-10H2,1H3. The molecule has 1 fully saturated rings. The van der Waals surface area contributed by atoms with Crippen molar-refractivity contribution in [1.82, 2.24) is 0 Å². The van der Waals surface area contributed by atoms with Crippen molar-refractivity contribution in [3.63, 3.8) is 0 Å². The Balaban J connectivity index is 1.66. The fraction of sp³-hybridized carbons (Fsp3) is 0.250. The minimum absolute atomic E-state index is 0.0610. The van der Waals surface area contributed by atoms with E-state index < -0.39 is 41.7 Å². The molecule has 0 spiro atoms. The first-order valence-electron chi connectivity index (χ1n) is 10.2. The SMILES string of the molecule is Cc1cc(-c2cc(F)c(OC(F)(F)F)c(F)c2)c(F)cc1-c1ccc(C2OCC(S)CO2)cc1F. The van der Waals surface area contributed by atoms with Crippen LogP contribution in [0.5, 0.6) is 5.75 Å². The van der Waals surface area contributed by atoms with Crippen molar-refractivity contribution >= 4 is 12.6 Å². The van der Waals surface area contributed by atoms with Crippen LogP contribution in [-0.4, -0.2) is 24.8 Å². The number of rotatable bonds is 4. The van der Waals surface area contributed by atoms with Gasteiger partial charge in [0.15, 0.2) is 17.9 Å². The number of aryl methyl sites for hydroxylation is 1. The zero-order chi connectivity index (χ0) is 25.5. The highest BCUT2D eigenvalue weighted by Crippen LogP contribution is 2.37. The van der Waals surface area contributed by atoms with Crippen LogP contribution in [0.25, 0.3) is 22.3 Å². The van der Waals surface area contributed by atoms with Gasteiger partial charge in [-0.25, -0.2) is 17.6 Å². The van der Waals surface area contributed by atoms with Crippen LogP contribution in [0.2, 0.25) is 0 Å². The third-order valence-corrected chi connectivity index (χ3v) is 5.57. The van der Waals surface area contributed by atoms with Crippen LogP contribution in [0.1, 0.15) is 17.4 Å². The van der Waals surface area contributed by atoms with Crippen molar-refractivity contribution in [2.24, 2.45) is 0 Å². The van der Waals surface area contributed by atoms with E-state index in [2.05, 4.69) is 17.4 Å². The van der Waals surface area contributed by atoms with Gasteiger partial charge in [-0.3, -0.25) is 0 Å². The highest BCUT2D eigenvalue weighted by molar-refractivity contribution is 7.81. The summed E-state index contributed by atoms with van der Waals surface area (Å²) < 4.78 is 109. The van der Waals surface area contributed by atoms with Gasteiger partial charge in [0.05, 0.1) is 13.2 Å². The molecule has 186 valence electrons. The zero-order valence-electron chi connectivity index (χ0n) is 17.9. The van der Waals surface area contributed by atoms with Gasteiger partial charge >= 0.3 is 6.36 Å². The second-order valence-electron chi connectivity index (χ2n) is 7.86. The predicted molar refractivity (Wildman–Crippen MR) is 116 cm³/mol. The first kappa shape index (κ1) is 25.3. The van der Waals surface area contributed by atoms with Gasteiger partial charge in [-0.15, -0.1) is 13.2 Å². The summed E-state index contributed by atoms with van der Waals surface area (Å²) in [5.74, 6) is -6.60. The molecule has 0 amide bonds. The number of thiol groups is 1. The summed E-state index contributed by atoms with van der Waals surface area (Å²) in [5.41, 5.74) is 0.373. The maximum atomic E-state index is 14.9. The lowest BCUT2D eigenvalue weighted by Crippen LogP contribution is -2.27. The van der Waals surface area contributed by atoms with E-state index in [0.717, 1.165) is 6.07 Å². The van der Waals surface area contributed by atoms with Gasteiger partial charge in [-0.2, -0.15) is 12.6 Å². The Morgan fingerprint density at radius 2 is 1.40 bits per heavy atom. The Bertz CT molecular complexity index is 1230. The minimum atomic E-state index is -5.31. The summed E-state index contributed by atoms with van der Waals surface area (Å²) in [7, 11) is 0. The minimum Gasteiger partial charge on any atom is -0.399 e. The largest absolute Gasteiger partial charge is 0.573 e. The average Bonchev–Trinajstić information content (AvgIpc) is 2.77. The molecule has 0 aromatic heterocycles. The van der Waals surface area contributed by atoms with Crippen LogP contribution >= 0.6 is 12.6 Å². The molecule has 0 radical (unpaired) electrons. The van der Waals surface area contributed by atoms with Gasteiger partial charge in [0, 0.05) is 21.9 Å². The van der Waals surface area contributed by atoms with Crippen LogP contribution in [0.15, 0.2) is 42.5 Å². The first-order chi connectivity index (χ1) is 16.4. The molecule has 35 heavy (non-hydrogen) atoms. The lowest BCUT2D eigenvalue weighted by Gasteiger charge is -2.27. The Hall–Kier alpha value is -2.76. The topological polar surface area (TPSA) is 27.7 Å². The molecule has 0 bridgehead atoms. The molecule has 1 heterocycles. The van der Waals surface area contributed by atoms with E-state index in [0.29, 0.717) is 36.5 Å². The highest BCUT2D eigenvalue weighted by atomic mass is 32.1. The number of hydrogen-bond donors (Lipinski definition) is 1. The maximum Gasteiger partial charge on any atom is 0.573 e. The maximum absolute atomic E-state index is 14.9. The van der Waals surface area contributed by atoms with Crippen molar-refractivity contribution < 1.29 is 44.9 Å². The summed E-state index contributed by atoms with van der Waals surface area (Å²) >= 11 is 4.23. The van der Waals surface area contributed by atoms with E-state index in [1.807, 2.05) is 0 Å². The molecular weight excluding hydrogens is 501 g/mol. The van der Waals surface area contributed by atoms with Gasteiger partial charge in [0.25, 0.3) is 0 Å². The molecule has 3 aromatic carbocycles. The third kappa shape index (κ3) is 5.57. The summed E-state index contributed by atoms with van der Waals surface area (Å²) in [4.78, 5) is 0. The number of ether oxygens (including phenoxy) is 3. The van der Waals surface area contributed by atoms with Crippen molar-refractivity contribution in [2.75, 3.05) is 13.2 Å². The quantitative estimate of drug-likeness (QED) is 0.294. The van der Waals surface area contributed by atoms with Crippen molar-refractivity contribution in [1.29, 1.82) is 0 Å². The molecule has 0 saturated carbocycles. The second-order valence-corrected chi connectivity index (χ2v) is 8.59. The summed E-state index contributed by atoms with van der Waals surface area (Å²) in [6.07, 6.45) is -6.08. The molecule has 3 nitrogen and oxygen atoms in total. The Labute approximate surface area is 200 Å². The van der Waals surface area contributed by atoms with E-state index in [4.69, 9.17) is 9.47 Å². The van der Waals surface area contributed by atoms with E-state index in [1.165, 1.54) is 25.1 Å². The smallest absolute Gasteiger partial charge is 0.399 e. The van der Waals surface area contributed by atoms with Gasteiger partial charge in [-0.05, 0) is 53.9 Å². The van der Waals surface area contributed by atoms with Gasteiger partial charge in [-0.1, -0.05) is 12.1 Å². The Morgan fingerprint density at radius 1 is 0.800 bits per heavy atom. The van der Waals surface area contributed by atoms with E-state index in [-0.39, 0.29) is 27.5 Å². The Kier molecular flexibility index (Phi) is 7.03. The van der Waals surface area contributed by atoms with Crippen LogP contribution in [-0.2, 0) is 9.47 Å². The number of halogens is 7. The second kappa shape index (κ2) is 9.71. The summed E-state index contributed by atoms with van der Waals surface area (Å²) in [6.45, 7) is 2.18. The fourth-order valence-corrected chi connectivity index (χ4v) is 3.88. The molecule has 0 unspecified atom stereocenters. The van der Waals surface area contributed by atoms with Crippen LogP contribution < -0.4 is 4.74 Å². The predicted octanol–water partition coefficient (Wildman–Crippen LogP) is 7.13. The van der Waals surface area contributed by atoms with Crippen LogP contribution in [0.3, 0.4) is 0 Å². The molecule has 0 aliphatic carbocycles.